The highest BCUT2D eigenvalue weighted by Crippen LogP contribution is 2.61. The van der Waals surface area contributed by atoms with E-state index in [0.717, 1.165) is 22.4 Å². The van der Waals surface area contributed by atoms with Crippen LogP contribution in [0.3, 0.4) is 0 Å². The summed E-state index contributed by atoms with van der Waals surface area (Å²) in [6, 6.07) is 76.1. The highest BCUT2D eigenvalue weighted by atomic mass is 16.5. The fourth-order valence-electron chi connectivity index (χ4n) is 10.0. The summed E-state index contributed by atoms with van der Waals surface area (Å²) < 4.78 is 6.59. The minimum absolute atomic E-state index is 0.599. The minimum Gasteiger partial charge on any atom is -0.456 e. The van der Waals surface area contributed by atoms with E-state index in [1.54, 1.807) is 0 Å². The SMILES string of the molecule is c1ccc(C2(c3ccccc3)c3cc(-c4ccc5c6c(cccc46)-c4ccccc4O5)cc(-c4cccc5ccccc45)c3-c3ccc4ccccc4c32)cc1. The molecular formula is C55H34O. The van der Waals surface area contributed by atoms with Crippen LogP contribution in [-0.2, 0) is 5.41 Å². The standard InChI is InChI=1S/C55H34O/c1-3-18-38(19-4-1)55(39-20-5-2-6-21-39)49-34-37(41-31-32-51-53-45(41)26-14-27-46(53)44-24-11-12-28-50(44)56-51)33-48(43-25-13-17-35-15-7-9-22-40(35)43)52(49)47-30-29-36-16-8-10-23-42(36)54(47)55/h1-34H. The molecule has 0 atom stereocenters. The second-order valence-electron chi connectivity index (χ2n) is 15.1. The van der Waals surface area contributed by atoms with Gasteiger partial charge in [-0.15, -0.1) is 0 Å². The fraction of sp³-hybridized carbons (Fsp3) is 0.0182. The molecule has 0 amide bonds. The van der Waals surface area contributed by atoms with Crippen molar-refractivity contribution < 1.29 is 4.74 Å². The fourth-order valence-corrected chi connectivity index (χ4v) is 10.0. The first kappa shape index (κ1) is 31.2. The Morgan fingerprint density at radius 1 is 0.339 bits per heavy atom. The predicted molar refractivity (Wildman–Crippen MR) is 233 cm³/mol. The van der Waals surface area contributed by atoms with Gasteiger partial charge in [-0.2, -0.15) is 0 Å². The van der Waals surface area contributed by atoms with Crippen LogP contribution in [0.2, 0.25) is 0 Å². The summed E-state index contributed by atoms with van der Waals surface area (Å²) in [5, 5.41) is 7.33. The van der Waals surface area contributed by atoms with Gasteiger partial charge >= 0.3 is 0 Å². The zero-order valence-corrected chi connectivity index (χ0v) is 30.5. The van der Waals surface area contributed by atoms with E-state index in [-0.39, 0.29) is 0 Å². The van der Waals surface area contributed by atoms with Gasteiger partial charge in [0.1, 0.15) is 11.5 Å². The van der Waals surface area contributed by atoms with E-state index in [1.165, 1.54) is 88.1 Å². The van der Waals surface area contributed by atoms with Crippen LogP contribution < -0.4 is 4.74 Å². The van der Waals surface area contributed by atoms with Gasteiger partial charge in [0, 0.05) is 10.9 Å². The number of para-hydroxylation sites is 1. The third kappa shape index (κ3) is 4.26. The summed E-state index contributed by atoms with van der Waals surface area (Å²) in [6.07, 6.45) is 0. The number of hydrogen-bond donors (Lipinski definition) is 0. The molecule has 10 aromatic rings. The summed E-state index contributed by atoms with van der Waals surface area (Å²) in [5.74, 6) is 1.80. The van der Waals surface area contributed by atoms with Crippen molar-refractivity contribution in [1.82, 2.24) is 0 Å². The summed E-state index contributed by atoms with van der Waals surface area (Å²) in [4.78, 5) is 0. The molecule has 0 aromatic heterocycles. The molecule has 12 rings (SSSR count). The van der Waals surface area contributed by atoms with Crippen molar-refractivity contribution in [2.24, 2.45) is 0 Å². The van der Waals surface area contributed by atoms with Crippen molar-refractivity contribution in [3.05, 3.63) is 229 Å². The highest BCUT2D eigenvalue weighted by molar-refractivity contribution is 6.12. The van der Waals surface area contributed by atoms with Crippen molar-refractivity contribution in [2.45, 2.75) is 5.41 Å². The molecule has 0 fully saturated rings. The Bertz CT molecular complexity index is 3170. The van der Waals surface area contributed by atoms with Crippen molar-refractivity contribution in [3.8, 4) is 56.0 Å². The Labute approximate surface area is 325 Å². The van der Waals surface area contributed by atoms with Crippen molar-refractivity contribution >= 4 is 32.3 Å². The van der Waals surface area contributed by atoms with Crippen molar-refractivity contribution in [2.75, 3.05) is 0 Å². The van der Waals surface area contributed by atoms with Gasteiger partial charge in [-0.1, -0.05) is 182 Å². The quantitative estimate of drug-likeness (QED) is 0.177. The number of rotatable bonds is 4. The van der Waals surface area contributed by atoms with Crippen LogP contribution in [0, 0.1) is 0 Å². The lowest BCUT2D eigenvalue weighted by molar-refractivity contribution is 0.487. The number of ether oxygens (including phenoxy) is 1. The normalized spacial score (nSPS) is 13.3. The lowest BCUT2D eigenvalue weighted by Gasteiger charge is -2.35. The lowest BCUT2D eigenvalue weighted by atomic mass is 9.66. The Hall–Kier alpha value is -7.22. The molecule has 1 heteroatoms. The maximum Gasteiger partial charge on any atom is 0.135 e. The largest absolute Gasteiger partial charge is 0.456 e. The zero-order valence-electron chi connectivity index (χ0n) is 30.5. The number of fused-ring (bicyclic) bond motifs is 8. The first-order valence-corrected chi connectivity index (χ1v) is 19.4. The van der Waals surface area contributed by atoms with E-state index >= 15 is 0 Å². The van der Waals surface area contributed by atoms with Crippen LogP contribution in [0.4, 0.5) is 0 Å². The van der Waals surface area contributed by atoms with E-state index < -0.39 is 5.41 Å². The van der Waals surface area contributed by atoms with Crippen molar-refractivity contribution in [1.29, 1.82) is 0 Å². The summed E-state index contributed by atoms with van der Waals surface area (Å²) >= 11 is 0. The first-order valence-electron chi connectivity index (χ1n) is 19.4. The van der Waals surface area contributed by atoms with Crippen LogP contribution in [0.25, 0.3) is 76.8 Å². The van der Waals surface area contributed by atoms with Gasteiger partial charge in [0.25, 0.3) is 0 Å². The molecule has 260 valence electrons. The van der Waals surface area contributed by atoms with Crippen LogP contribution >= 0.6 is 0 Å². The Balaban J connectivity index is 1.27. The summed E-state index contributed by atoms with van der Waals surface area (Å²) in [5.41, 5.74) is 14.3. The van der Waals surface area contributed by atoms with Gasteiger partial charge in [0.2, 0.25) is 0 Å². The van der Waals surface area contributed by atoms with E-state index in [0.29, 0.717) is 0 Å². The van der Waals surface area contributed by atoms with Gasteiger partial charge in [0.05, 0.1) is 5.41 Å². The monoisotopic (exact) mass is 710 g/mol. The van der Waals surface area contributed by atoms with Crippen LogP contribution in [-0.4, -0.2) is 0 Å². The zero-order chi connectivity index (χ0) is 36.8. The molecule has 1 aliphatic heterocycles. The van der Waals surface area contributed by atoms with E-state index in [4.69, 9.17) is 4.74 Å². The molecule has 2 aliphatic rings. The van der Waals surface area contributed by atoms with Gasteiger partial charge in [-0.25, -0.2) is 0 Å². The molecule has 0 radical (unpaired) electrons. The maximum absolute atomic E-state index is 6.59. The minimum atomic E-state index is -0.599. The molecule has 0 saturated carbocycles. The predicted octanol–water partition coefficient (Wildman–Crippen LogP) is 14.6. The highest BCUT2D eigenvalue weighted by Gasteiger charge is 2.48. The van der Waals surface area contributed by atoms with E-state index in [1.807, 2.05) is 6.07 Å². The summed E-state index contributed by atoms with van der Waals surface area (Å²) in [6.45, 7) is 0. The smallest absolute Gasteiger partial charge is 0.135 e. The molecule has 56 heavy (non-hydrogen) atoms. The molecule has 10 aromatic carbocycles. The Kier molecular flexibility index (Phi) is 6.62. The molecule has 0 saturated heterocycles. The van der Waals surface area contributed by atoms with Gasteiger partial charge in [-0.05, 0) is 112 Å². The number of benzene rings is 10. The van der Waals surface area contributed by atoms with Gasteiger partial charge < -0.3 is 4.74 Å². The average Bonchev–Trinajstić information content (AvgIpc) is 3.58. The molecule has 1 heterocycles. The van der Waals surface area contributed by atoms with Gasteiger partial charge in [0.15, 0.2) is 0 Å². The van der Waals surface area contributed by atoms with Crippen LogP contribution in [0.15, 0.2) is 206 Å². The maximum atomic E-state index is 6.59. The molecule has 1 nitrogen and oxygen atoms in total. The second kappa shape index (κ2) is 11.9. The third-order valence-electron chi connectivity index (χ3n) is 12.3. The molecule has 0 unspecified atom stereocenters. The molecule has 1 aliphatic carbocycles. The summed E-state index contributed by atoms with van der Waals surface area (Å²) in [7, 11) is 0. The Morgan fingerprint density at radius 3 is 1.73 bits per heavy atom. The molecule has 0 bridgehead atoms. The van der Waals surface area contributed by atoms with Crippen LogP contribution in [0.5, 0.6) is 11.5 Å². The topological polar surface area (TPSA) is 9.23 Å². The van der Waals surface area contributed by atoms with Crippen molar-refractivity contribution in [3.63, 3.8) is 0 Å². The lowest BCUT2D eigenvalue weighted by Crippen LogP contribution is -2.29. The first-order chi connectivity index (χ1) is 27.8. The van der Waals surface area contributed by atoms with Gasteiger partial charge in [-0.3, -0.25) is 0 Å². The van der Waals surface area contributed by atoms with Crippen LogP contribution in [0.1, 0.15) is 22.3 Å². The molecular weight excluding hydrogens is 677 g/mol. The average molecular weight is 711 g/mol. The Morgan fingerprint density at radius 2 is 0.929 bits per heavy atom. The second-order valence-corrected chi connectivity index (χ2v) is 15.1. The molecule has 0 spiro atoms. The number of hydrogen-bond acceptors (Lipinski definition) is 1. The molecule has 0 N–H and O–H groups in total. The van der Waals surface area contributed by atoms with E-state index in [9.17, 15) is 0 Å². The third-order valence-corrected chi connectivity index (χ3v) is 12.3. The van der Waals surface area contributed by atoms with E-state index in [2.05, 4.69) is 200 Å².